The number of aliphatic hydroxyl groups excluding tert-OH is 1. The van der Waals surface area contributed by atoms with Gasteiger partial charge in [0.05, 0.1) is 19.5 Å². The summed E-state index contributed by atoms with van der Waals surface area (Å²) >= 11 is 0. The van der Waals surface area contributed by atoms with Gasteiger partial charge >= 0.3 is 0 Å². The maximum Gasteiger partial charge on any atom is 0.213 e. The van der Waals surface area contributed by atoms with Crippen molar-refractivity contribution in [1.82, 2.24) is 9.62 Å². The fraction of sp³-hybridized carbons (Fsp3) is 0.538. The van der Waals surface area contributed by atoms with Gasteiger partial charge in [0.1, 0.15) is 5.75 Å². The Morgan fingerprint density at radius 3 is 2.65 bits per heavy atom. The molecule has 6 nitrogen and oxygen atoms in total. The SMILES string of the molecule is COc1cccc(C(CNS(=O)(=O)CCO)N(C)C)c1. The number of nitrogens with zero attached hydrogens (tertiary/aromatic N) is 1. The summed E-state index contributed by atoms with van der Waals surface area (Å²) in [6.07, 6.45) is 0. The van der Waals surface area contributed by atoms with Crippen LogP contribution < -0.4 is 9.46 Å². The molecular formula is C13H22N2O4S. The lowest BCUT2D eigenvalue weighted by Gasteiger charge is -2.25. The van der Waals surface area contributed by atoms with E-state index in [-0.39, 0.29) is 24.9 Å². The lowest BCUT2D eigenvalue weighted by Crippen LogP contribution is -2.36. The molecule has 1 aromatic carbocycles. The molecule has 0 bridgehead atoms. The average molecular weight is 302 g/mol. The van der Waals surface area contributed by atoms with Gasteiger partial charge in [0.2, 0.25) is 10.0 Å². The van der Waals surface area contributed by atoms with Gasteiger partial charge in [0.25, 0.3) is 0 Å². The Hall–Kier alpha value is -1.15. The van der Waals surface area contributed by atoms with E-state index in [1.807, 2.05) is 43.3 Å². The Bertz CT molecular complexity index is 517. The lowest BCUT2D eigenvalue weighted by molar-refractivity contribution is 0.297. The van der Waals surface area contributed by atoms with Gasteiger partial charge in [-0.15, -0.1) is 0 Å². The maximum atomic E-state index is 11.6. The van der Waals surface area contributed by atoms with Crippen molar-refractivity contribution in [3.8, 4) is 5.75 Å². The number of sulfonamides is 1. The summed E-state index contributed by atoms with van der Waals surface area (Å²) in [5, 5.41) is 8.72. The minimum absolute atomic E-state index is 0.112. The van der Waals surface area contributed by atoms with Gasteiger partial charge in [-0.2, -0.15) is 0 Å². The number of aliphatic hydroxyl groups is 1. The Labute approximate surface area is 120 Å². The van der Waals surface area contributed by atoms with Gasteiger partial charge in [0, 0.05) is 12.6 Å². The number of rotatable bonds is 8. The Morgan fingerprint density at radius 2 is 2.10 bits per heavy atom. The van der Waals surface area contributed by atoms with E-state index in [1.54, 1.807) is 7.11 Å². The number of benzene rings is 1. The van der Waals surface area contributed by atoms with Gasteiger partial charge < -0.3 is 14.7 Å². The molecule has 114 valence electrons. The summed E-state index contributed by atoms with van der Waals surface area (Å²) in [5.74, 6) is 0.443. The zero-order chi connectivity index (χ0) is 15.2. The summed E-state index contributed by atoms with van der Waals surface area (Å²) in [6.45, 7) is -0.149. The highest BCUT2D eigenvalue weighted by Crippen LogP contribution is 2.22. The number of hydrogen-bond acceptors (Lipinski definition) is 5. The molecule has 1 aromatic rings. The molecule has 0 amide bonds. The van der Waals surface area contributed by atoms with Crippen LogP contribution in [0, 0.1) is 0 Å². The minimum Gasteiger partial charge on any atom is -0.497 e. The third-order valence-corrected chi connectivity index (χ3v) is 4.29. The molecule has 0 radical (unpaired) electrons. The topological polar surface area (TPSA) is 78.9 Å². The molecule has 2 N–H and O–H groups in total. The molecule has 0 spiro atoms. The van der Waals surface area contributed by atoms with E-state index in [2.05, 4.69) is 4.72 Å². The molecule has 0 aliphatic carbocycles. The third kappa shape index (κ3) is 5.09. The summed E-state index contributed by atoms with van der Waals surface area (Å²) < 4.78 is 30.9. The van der Waals surface area contributed by atoms with E-state index in [4.69, 9.17) is 9.84 Å². The molecule has 0 heterocycles. The van der Waals surface area contributed by atoms with Crippen LogP contribution in [-0.4, -0.2) is 58.5 Å². The summed E-state index contributed by atoms with van der Waals surface area (Å²) in [7, 11) is 1.91. The Balaban J connectivity index is 2.84. The van der Waals surface area contributed by atoms with Crippen LogP contribution in [0.3, 0.4) is 0 Å². The van der Waals surface area contributed by atoms with Crippen LogP contribution >= 0.6 is 0 Å². The zero-order valence-corrected chi connectivity index (χ0v) is 12.9. The van der Waals surface area contributed by atoms with Crippen LogP contribution in [0.2, 0.25) is 0 Å². The van der Waals surface area contributed by atoms with E-state index in [9.17, 15) is 8.42 Å². The second-order valence-corrected chi connectivity index (χ2v) is 6.57. The highest BCUT2D eigenvalue weighted by molar-refractivity contribution is 7.89. The van der Waals surface area contributed by atoms with E-state index in [0.717, 1.165) is 11.3 Å². The summed E-state index contributed by atoms with van der Waals surface area (Å²) in [6, 6.07) is 7.40. The first-order valence-corrected chi connectivity index (χ1v) is 7.93. The Kier molecular flexibility index (Phi) is 6.41. The van der Waals surface area contributed by atoms with Crippen LogP contribution in [-0.2, 0) is 10.0 Å². The molecule has 0 saturated heterocycles. The van der Waals surface area contributed by atoms with Crippen LogP contribution in [0.5, 0.6) is 5.75 Å². The molecule has 0 aliphatic heterocycles. The largest absolute Gasteiger partial charge is 0.497 e. The molecule has 0 aliphatic rings. The molecule has 20 heavy (non-hydrogen) atoms. The maximum absolute atomic E-state index is 11.6. The number of hydrogen-bond donors (Lipinski definition) is 2. The lowest BCUT2D eigenvalue weighted by atomic mass is 10.1. The number of nitrogens with one attached hydrogen (secondary N) is 1. The fourth-order valence-electron chi connectivity index (χ4n) is 1.85. The van der Waals surface area contributed by atoms with Crippen molar-refractivity contribution >= 4 is 10.0 Å². The van der Waals surface area contributed by atoms with Crippen molar-refractivity contribution in [3.63, 3.8) is 0 Å². The van der Waals surface area contributed by atoms with Crippen molar-refractivity contribution in [2.24, 2.45) is 0 Å². The second-order valence-electron chi connectivity index (χ2n) is 4.65. The van der Waals surface area contributed by atoms with Gasteiger partial charge in [-0.3, -0.25) is 0 Å². The van der Waals surface area contributed by atoms with Crippen LogP contribution in [0.25, 0.3) is 0 Å². The fourth-order valence-corrected chi connectivity index (χ4v) is 2.64. The summed E-state index contributed by atoms with van der Waals surface area (Å²) in [4.78, 5) is 1.93. The number of likely N-dealkylation sites (N-methyl/N-ethyl adjacent to an activating group) is 1. The van der Waals surface area contributed by atoms with E-state index in [1.165, 1.54) is 0 Å². The summed E-state index contributed by atoms with van der Waals surface area (Å²) in [5.41, 5.74) is 0.959. The smallest absolute Gasteiger partial charge is 0.213 e. The van der Waals surface area contributed by atoms with E-state index in [0.29, 0.717) is 0 Å². The number of methoxy groups -OCH3 is 1. The van der Waals surface area contributed by atoms with E-state index < -0.39 is 10.0 Å². The first-order valence-electron chi connectivity index (χ1n) is 6.28. The molecular weight excluding hydrogens is 280 g/mol. The average Bonchev–Trinajstić information content (AvgIpc) is 2.38. The van der Waals surface area contributed by atoms with Crippen LogP contribution in [0.15, 0.2) is 24.3 Å². The normalized spacial score (nSPS) is 13.4. The molecule has 0 fully saturated rings. The highest BCUT2D eigenvalue weighted by atomic mass is 32.2. The molecule has 1 rings (SSSR count). The van der Waals surface area contributed by atoms with E-state index >= 15 is 0 Å². The predicted octanol–water partition coefficient (Wildman–Crippen LogP) is 0.210. The van der Waals surface area contributed by atoms with Gasteiger partial charge in [0.15, 0.2) is 0 Å². The van der Waals surface area contributed by atoms with Crippen molar-refractivity contribution in [1.29, 1.82) is 0 Å². The standard InChI is InChI=1S/C13H22N2O4S/c1-15(2)13(10-14-20(17,18)8-7-16)11-5-4-6-12(9-11)19-3/h4-6,9,13-14,16H,7-8,10H2,1-3H3. The molecule has 1 atom stereocenters. The zero-order valence-electron chi connectivity index (χ0n) is 12.0. The van der Waals surface area contributed by atoms with Gasteiger partial charge in [-0.25, -0.2) is 13.1 Å². The van der Waals surface area contributed by atoms with Crippen LogP contribution in [0.4, 0.5) is 0 Å². The highest BCUT2D eigenvalue weighted by Gasteiger charge is 2.18. The third-order valence-electron chi connectivity index (χ3n) is 2.96. The Morgan fingerprint density at radius 1 is 1.40 bits per heavy atom. The predicted molar refractivity (Wildman–Crippen MR) is 78.3 cm³/mol. The minimum atomic E-state index is -3.44. The molecule has 1 unspecified atom stereocenters. The quantitative estimate of drug-likeness (QED) is 0.718. The monoisotopic (exact) mass is 302 g/mol. The molecule has 7 heteroatoms. The van der Waals surface area contributed by atoms with Crippen molar-refractivity contribution in [2.75, 3.05) is 40.1 Å². The molecule has 0 saturated carbocycles. The first-order chi connectivity index (χ1) is 9.39. The van der Waals surface area contributed by atoms with Crippen molar-refractivity contribution in [2.45, 2.75) is 6.04 Å². The van der Waals surface area contributed by atoms with Gasteiger partial charge in [-0.05, 0) is 31.8 Å². The first kappa shape index (κ1) is 16.9. The van der Waals surface area contributed by atoms with Crippen molar-refractivity contribution < 1.29 is 18.3 Å². The van der Waals surface area contributed by atoms with Gasteiger partial charge in [-0.1, -0.05) is 12.1 Å². The molecule has 0 aromatic heterocycles. The van der Waals surface area contributed by atoms with Crippen molar-refractivity contribution in [3.05, 3.63) is 29.8 Å². The van der Waals surface area contributed by atoms with Crippen LogP contribution in [0.1, 0.15) is 11.6 Å². The number of ether oxygens (including phenoxy) is 1. The second kappa shape index (κ2) is 7.58.